The normalized spacial score (nSPS) is 19.9. The number of ether oxygens (including phenoxy) is 1. The number of nitro groups is 1. The van der Waals surface area contributed by atoms with Gasteiger partial charge in [0.05, 0.1) is 17.8 Å². The third-order valence-corrected chi connectivity index (χ3v) is 5.25. The summed E-state index contributed by atoms with van der Waals surface area (Å²) in [6.45, 7) is 0.605. The summed E-state index contributed by atoms with van der Waals surface area (Å²) >= 11 is 1.43. The number of amides is 1. The summed E-state index contributed by atoms with van der Waals surface area (Å²) in [6, 6.07) is 5.03. The average molecular weight is 353 g/mol. The van der Waals surface area contributed by atoms with Crippen LogP contribution < -0.4 is 15.8 Å². The standard InChI is InChI=1S/C16H23N3O4S/c1-23-15-6-5-11(7-14(15)19(21)22)9-24-10-16(20)18-13-4-2-3-12(13)8-17/h5-7,12-13H,2-4,8-10,17H2,1H3,(H,18,20). The van der Waals surface area contributed by atoms with E-state index in [4.69, 9.17) is 10.5 Å². The fraction of sp³-hybridized carbons (Fsp3) is 0.562. The van der Waals surface area contributed by atoms with Crippen molar-refractivity contribution in [1.29, 1.82) is 0 Å². The van der Waals surface area contributed by atoms with Crippen molar-refractivity contribution >= 4 is 23.4 Å². The Bertz CT molecular complexity index is 597. The van der Waals surface area contributed by atoms with Crippen molar-refractivity contribution in [2.24, 2.45) is 11.7 Å². The summed E-state index contributed by atoms with van der Waals surface area (Å²) in [4.78, 5) is 22.6. The molecule has 0 bridgehead atoms. The Kier molecular flexibility index (Phi) is 6.86. The summed E-state index contributed by atoms with van der Waals surface area (Å²) in [5.41, 5.74) is 6.45. The second-order valence-electron chi connectivity index (χ2n) is 5.86. The second kappa shape index (κ2) is 8.89. The van der Waals surface area contributed by atoms with E-state index in [1.165, 1.54) is 24.9 Å². The van der Waals surface area contributed by atoms with Crippen LogP contribution in [0.2, 0.25) is 0 Å². The maximum absolute atomic E-state index is 12.0. The third-order valence-electron chi connectivity index (χ3n) is 4.25. The van der Waals surface area contributed by atoms with Crippen LogP contribution in [0.1, 0.15) is 24.8 Å². The zero-order valence-electron chi connectivity index (χ0n) is 13.7. The van der Waals surface area contributed by atoms with Crippen molar-refractivity contribution in [3.05, 3.63) is 33.9 Å². The first-order valence-corrected chi connectivity index (χ1v) is 9.09. The van der Waals surface area contributed by atoms with E-state index in [0.29, 0.717) is 24.0 Å². The minimum atomic E-state index is -0.466. The Morgan fingerprint density at radius 2 is 2.29 bits per heavy atom. The van der Waals surface area contributed by atoms with Gasteiger partial charge in [0.1, 0.15) is 0 Å². The number of nitro benzene ring substituents is 1. The predicted molar refractivity (Wildman–Crippen MR) is 94.1 cm³/mol. The van der Waals surface area contributed by atoms with Crippen LogP contribution in [0.3, 0.4) is 0 Å². The number of hydrogen-bond acceptors (Lipinski definition) is 6. The maximum atomic E-state index is 12.0. The second-order valence-corrected chi connectivity index (χ2v) is 6.84. The van der Waals surface area contributed by atoms with E-state index >= 15 is 0 Å². The van der Waals surface area contributed by atoms with Crippen LogP contribution in [0.4, 0.5) is 5.69 Å². The van der Waals surface area contributed by atoms with Crippen LogP contribution in [0.15, 0.2) is 18.2 Å². The van der Waals surface area contributed by atoms with E-state index in [1.807, 2.05) is 0 Å². The van der Waals surface area contributed by atoms with Gasteiger partial charge in [-0.1, -0.05) is 12.5 Å². The molecule has 0 aliphatic heterocycles. The number of nitrogens with one attached hydrogen (secondary N) is 1. The van der Waals surface area contributed by atoms with Crippen LogP contribution in [0.25, 0.3) is 0 Å². The fourth-order valence-electron chi connectivity index (χ4n) is 2.99. The molecule has 1 aliphatic rings. The molecule has 1 saturated carbocycles. The van der Waals surface area contributed by atoms with Gasteiger partial charge in [-0.3, -0.25) is 14.9 Å². The van der Waals surface area contributed by atoms with Crippen molar-refractivity contribution in [3.63, 3.8) is 0 Å². The molecule has 2 unspecified atom stereocenters. The van der Waals surface area contributed by atoms with Gasteiger partial charge < -0.3 is 15.8 Å². The van der Waals surface area contributed by atoms with Crippen molar-refractivity contribution in [2.75, 3.05) is 19.4 Å². The molecular weight excluding hydrogens is 330 g/mol. The minimum Gasteiger partial charge on any atom is -0.490 e. The van der Waals surface area contributed by atoms with Crippen molar-refractivity contribution in [1.82, 2.24) is 5.32 Å². The molecule has 8 heteroatoms. The minimum absolute atomic E-state index is 0.00615. The van der Waals surface area contributed by atoms with E-state index < -0.39 is 4.92 Å². The molecule has 1 aliphatic carbocycles. The van der Waals surface area contributed by atoms with Crippen LogP contribution in [0.5, 0.6) is 5.75 Å². The molecule has 1 fully saturated rings. The van der Waals surface area contributed by atoms with Gasteiger partial charge in [-0.2, -0.15) is 0 Å². The number of carbonyl (C=O) groups is 1. The molecular formula is C16H23N3O4S. The highest BCUT2D eigenvalue weighted by atomic mass is 32.2. The van der Waals surface area contributed by atoms with Gasteiger partial charge >= 0.3 is 5.69 Å². The van der Waals surface area contributed by atoms with Gasteiger partial charge in [0.15, 0.2) is 5.75 Å². The first kappa shape index (κ1) is 18.5. The zero-order valence-corrected chi connectivity index (χ0v) is 14.5. The van der Waals surface area contributed by atoms with E-state index in [2.05, 4.69) is 5.32 Å². The lowest BCUT2D eigenvalue weighted by atomic mass is 10.0. The number of nitrogens with two attached hydrogens (primary N) is 1. The zero-order chi connectivity index (χ0) is 17.5. The Labute approximate surface area is 145 Å². The number of benzene rings is 1. The summed E-state index contributed by atoms with van der Waals surface area (Å²) < 4.78 is 4.98. The van der Waals surface area contributed by atoms with Crippen molar-refractivity contribution in [2.45, 2.75) is 31.1 Å². The summed E-state index contributed by atoms with van der Waals surface area (Å²) in [5, 5.41) is 14.1. The van der Waals surface area contributed by atoms with Crippen LogP contribution >= 0.6 is 11.8 Å². The summed E-state index contributed by atoms with van der Waals surface area (Å²) in [7, 11) is 1.40. The van der Waals surface area contributed by atoms with Crippen LogP contribution in [-0.4, -0.2) is 36.3 Å². The largest absolute Gasteiger partial charge is 0.490 e. The molecule has 7 nitrogen and oxygen atoms in total. The maximum Gasteiger partial charge on any atom is 0.311 e. The van der Waals surface area contributed by atoms with Gasteiger partial charge in [0.2, 0.25) is 5.91 Å². The van der Waals surface area contributed by atoms with Crippen LogP contribution in [0, 0.1) is 16.0 Å². The summed E-state index contributed by atoms with van der Waals surface area (Å²) in [6.07, 6.45) is 3.17. The first-order chi connectivity index (χ1) is 11.5. The molecule has 0 heterocycles. The molecule has 132 valence electrons. The molecule has 0 aromatic heterocycles. The number of methoxy groups -OCH3 is 1. The molecule has 24 heavy (non-hydrogen) atoms. The van der Waals surface area contributed by atoms with Gasteiger partial charge in [-0.25, -0.2) is 0 Å². The highest BCUT2D eigenvalue weighted by Gasteiger charge is 2.27. The number of carbonyl (C=O) groups excluding carboxylic acids is 1. The lowest BCUT2D eigenvalue weighted by Crippen LogP contribution is -2.40. The molecule has 0 spiro atoms. The third kappa shape index (κ3) is 4.85. The lowest BCUT2D eigenvalue weighted by Gasteiger charge is -2.19. The van der Waals surface area contributed by atoms with Crippen molar-refractivity contribution < 1.29 is 14.5 Å². The lowest BCUT2D eigenvalue weighted by molar-refractivity contribution is -0.385. The quantitative estimate of drug-likeness (QED) is 0.547. The molecule has 1 aromatic carbocycles. The van der Waals surface area contributed by atoms with Gasteiger partial charge in [-0.15, -0.1) is 11.8 Å². The number of nitrogens with zero attached hydrogens (tertiary/aromatic N) is 1. The van der Waals surface area contributed by atoms with Crippen molar-refractivity contribution in [3.8, 4) is 5.75 Å². The Hall–Kier alpha value is -1.80. The Morgan fingerprint density at radius 3 is 2.96 bits per heavy atom. The first-order valence-electron chi connectivity index (χ1n) is 7.93. The van der Waals surface area contributed by atoms with E-state index in [1.54, 1.807) is 12.1 Å². The van der Waals surface area contributed by atoms with E-state index in [-0.39, 0.29) is 23.4 Å². The van der Waals surface area contributed by atoms with Gasteiger partial charge in [-0.05, 0) is 36.9 Å². The molecule has 1 aromatic rings. The highest BCUT2D eigenvalue weighted by molar-refractivity contribution is 7.99. The van der Waals surface area contributed by atoms with E-state index in [9.17, 15) is 14.9 Å². The molecule has 1 amide bonds. The van der Waals surface area contributed by atoms with Gasteiger partial charge in [0, 0.05) is 17.9 Å². The SMILES string of the molecule is COc1ccc(CSCC(=O)NC2CCCC2CN)cc1[N+](=O)[O-]. The van der Waals surface area contributed by atoms with Crippen LogP contribution in [-0.2, 0) is 10.5 Å². The van der Waals surface area contributed by atoms with Gasteiger partial charge in [0.25, 0.3) is 0 Å². The number of thioether (sulfide) groups is 1. The molecule has 2 rings (SSSR count). The fourth-order valence-corrected chi connectivity index (χ4v) is 3.77. The van der Waals surface area contributed by atoms with E-state index in [0.717, 1.165) is 24.8 Å². The molecule has 3 N–H and O–H groups in total. The predicted octanol–water partition coefficient (Wildman–Crippen LogP) is 2.08. The Morgan fingerprint density at radius 1 is 1.50 bits per heavy atom. The molecule has 0 saturated heterocycles. The summed E-state index contributed by atoms with van der Waals surface area (Å²) in [5.74, 6) is 1.47. The molecule has 2 atom stereocenters. The smallest absolute Gasteiger partial charge is 0.311 e. The average Bonchev–Trinajstić information content (AvgIpc) is 3.01. The number of rotatable bonds is 8. The highest BCUT2D eigenvalue weighted by Crippen LogP contribution is 2.29. The monoisotopic (exact) mass is 353 g/mol. The number of hydrogen-bond donors (Lipinski definition) is 2. The Balaban J connectivity index is 1.82. The topological polar surface area (TPSA) is 107 Å². The molecule has 0 radical (unpaired) electrons.